The molecule has 1 aromatic heterocycles. The maximum Gasteiger partial charge on any atom is 0.252 e. The maximum absolute atomic E-state index is 13.4. The first-order chi connectivity index (χ1) is 14.4. The Morgan fingerprint density at radius 1 is 1.13 bits per heavy atom. The lowest BCUT2D eigenvalue weighted by Gasteiger charge is -2.23. The highest BCUT2D eigenvalue weighted by atomic mass is 32.1. The molecule has 2 atom stereocenters. The van der Waals surface area contributed by atoms with E-state index in [2.05, 4.69) is 20.8 Å². The molecular weight excluding hydrogens is 403 g/mol. The number of halogens is 1. The van der Waals surface area contributed by atoms with E-state index >= 15 is 0 Å². The van der Waals surface area contributed by atoms with Crippen LogP contribution in [0.15, 0.2) is 48.5 Å². The van der Waals surface area contributed by atoms with Crippen LogP contribution in [-0.4, -0.2) is 28.1 Å². The Bertz CT molecular complexity index is 1050. The van der Waals surface area contributed by atoms with Crippen LogP contribution in [0.25, 0.3) is 10.6 Å². The average molecular weight is 427 g/mol. The fourth-order valence-electron chi connectivity index (χ4n) is 2.91. The molecule has 156 valence electrons. The lowest BCUT2D eigenvalue weighted by molar-refractivity contribution is -0.119. The number of nitrogens with zero attached hydrogens (tertiary/aromatic N) is 2. The fraction of sp³-hybridized carbons (Fsp3) is 0.273. The molecule has 0 aliphatic heterocycles. The van der Waals surface area contributed by atoms with Gasteiger partial charge in [0.1, 0.15) is 16.9 Å². The molecule has 3 rings (SSSR count). The fourth-order valence-corrected chi connectivity index (χ4v) is 3.65. The summed E-state index contributed by atoms with van der Waals surface area (Å²) in [6, 6.07) is 12.4. The van der Waals surface area contributed by atoms with Crippen molar-refractivity contribution >= 4 is 28.3 Å². The highest BCUT2D eigenvalue weighted by molar-refractivity contribution is 7.18. The molecule has 2 aromatic carbocycles. The zero-order valence-electron chi connectivity index (χ0n) is 17.0. The van der Waals surface area contributed by atoms with Gasteiger partial charge in [0, 0.05) is 11.1 Å². The van der Waals surface area contributed by atoms with Crippen LogP contribution in [0.5, 0.6) is 0 Å². The number of benzene rings is 2. The second-order valence-electron chi connectivity index (χ2n) is 7.12. The van der Waals surface area contributed by atoms with E-state index in [1.54, 1.807) is 0 Å². The molecule has 3 aromatic rings. The molecule has 2 amide bonds. The summed E-state index contributed by atoms with van der Waals surface area (Å²) in [5.74, 6) is -1.54. The van der Waals surface area contributed by atoms with Gasteiger partial charge in [-0.2, -0.15) is 0 Å². The van der Waals surface area contributed by atoms with Gasteiger partial charge in [-0.3, -0.25) is 14.9 Å². The van der Waals surface area contributed by atoms with Gasteiger partial charge < -0.3 is 5.32 Å². The highest BCUT2D eigenvalue weighted by Gasteiger charge is 2.27. The topological polar surface area (TPSA) is 84.0 Å². The number of aromatic nitrogens is 2. The van der Waals surface area contributed by atoms with Crippen molar-refractivity contribution in [1.29, 1.82) is 0 Å². The van der Waals surface area contributed by atoms with E-state index in [0.29, 0.717) is 16.6 Å². The van der Waals surface area contributed by atoms with Gasteiger partial charge >= 0.3 is 0 Å². The Kier molecular flexibility index (Phi) is 6.89. The molecule has 0 aliphatic rings. The summed E-state index contributed by atoms with van der Waals surface area (Å²) >= 11 is 1.26. The van der Waals surface area contributed by atoms with E-state index in [1.165, 1.54) is 29.5 Å². The number of rotatable bonds is 7. The van der Waals surface area contributed by atoms with Crippen molar-refractivity contribution in [2.75, 3.05) is 5.32 Å². The minimum Gasteiger partial charge on any atom is -0.340 e. The molecule has 0 saturated carbocycles. The lowest BCUT2D eigenvalue weighted by atomic mass is 9.98. The van der Waals surface area contributed by atoms with Crippen molar-refractivity contribution in [2.45, 2.75) is 33.2 Å². The normalized spacial score (nSPS) is 12.8. The van der Waals surface area contributed by atoms with Crippen LogP contribution in [0.4, 0.5) is 9.52 Å². The molecule has 30 heavy (non-hydrogen) atoms. The first kappa shape index (κ1) is 21.6. The van der Waals surface area contributed by atoms with Crippen molar-refractivity contribution in [3.8, 4) is 10.6 Å². The number of carbonyl (C=O) groups is 2. The summed E-state index contributed by atoms with van der Waals surface area (Å²) in [4.78, 5) is 25.4. The van der Waals surface area contributed by atoms with Gasteiger partial charge in [0.2, 0.25) is 11.0 Å². The highest BCUT2D eigenvalue weighted by Crippen LogP contribution is 2.27. The minimum atomic E-state index is -0.794. The molecule has 0 radical (unpaired) electrons. The van der Waals surface area contributed by atoms with Gasteiger partial charge in [0.05, 0.1) is 0 Å². The Morgan fingerprint density at radius 3 is 2.60 bits per heavy atom. The second-order valence-corrected chi connectivity index (χ2v) is 8.10. The molecule has 0 saturated heterocycles. The van der Waals surface area contributed by atoms with Crippen molar-refractivity contribution in [3.63, 3.8) is 0 Å². The van der Waals surface area contributed by atoms with Crippen molar-refractivity contribution in [1.82, 2.24) is 15.5 Å². The molecule has 2 unspecified atom stereocenters. The van der Waals surface area contributed by atoms with E-state index in [-0.39, 0.29) is 17.4 Å². The SMILES string of the molecule is CCC(C)C(NC(=O)c1cccc(F)c1)C(=O)Nc1nnc(-c2cccc(C)c2)s1. The van der Waals surface area contributed by atoms with E-state index in [0.717, 1.165) is 17.2 Å². The predicted octanol–water partition coefficient (Wildman–Crippen LogP) is 4.44. The van der Waals surface area contributed by atoms with Gasteiger partial charge in [0.25, 0.3) is 5.91 Å². The average Bonchev–Trinajstić information content (AvgIpc) is 3.19. The zero-order chi connectivity index (χ0) is 21.7. The number of nitrogens with one attached hydrogen (secondary N) is 2. The predicted molar refractivity (Wildman–Crippen MR) is 116 cm³/mol. The number of carbonyl (C=O) groups excluding carboxylic acids is 2. The third kappa shape index (κ3) is 5.27. The largest absolute Gasteiger partial charge is 0.340 e. The minimum absolute atomic E-state index is 0.133. The van der Waals surface area contributed by atoms with E-state index in [1.807, 2.05) is 45.0 Å². The molecule has 8 heteroatoms. The molecular formula is C22H23FN4O2S. The van der Waals surface area contributed by atoms with E-state index in [4.69, 9.17) is 0 Å². The van der Waals surface area contributed by atoms with Gasteiger partial charge in [-0.15, -0.1) is 10.2 Å². The van der Waals surface area contributed by atoms with Crippen LogP contribution >= 0.6 is 11.3 Å². The summed E-state index contributed by atoms with van der Waals surface area (Å²) in [5.41, 5.74) is 2.19. The molecule has 1 heterocycles. The van der Waals surface area contributed by atoms with Crippen molar-refractivity contribution in [3.05, 3.63) is 65.5 Å². The van der Waals surface area contributed by atoms with Gasteiger partial charge in [0.15, 0.2) is 0 Å². The first-order valence-corrected chi connectivity index (χ1v) is 10.5. The Labute approximate surface area is 178 Å². The van der Waals surface area contributed by atoms with Gasteiger partial charge in [-0.25, -0.2) is 4.39 Å². The quantitative estimate of drug-likeness (QED) is 0.585. The van der Waals surface area contributed by atoms with Gasteiger partial charge in [-0.05, 0) is 37.1 Å². The van der Waals surface area contributed by atoms with Crippen LogP contribution in [0.1, 0.15) is 36.2 Å². The summed E-state index contributed by atoms with van der Waals surface area (Å²) in [5, 5.41) is 14.7. The van der Waals surface area contributed by atoms with Crippen LogP contribution in [0.2, 0.25) is 0 Å². The van der Waals surface area contributed by atoms with Gasteiger partial charge in [-0.1, -0.05) is 61.4 Å². The zero-order valence-corrected chi connectivity index (χ0v) is 17.8. The number of aryl methyl sites for hydroxylation is 1. The number of amides is 2. The summed E-state index contributed by atoms with van der Waals surface area (Å²) in [7, 11) is 0. The molecule has 2 N–H and O–H groups in total. The summed E-state index contributed by atoms with van der Waals surface area (Å²) < 4.78 is 13.4. The molecule has 0 spiro atoms. The number of anilines is 1. The van der Waals surface area contributed by atoms with Crippen LogP contribution in [0.3, 0.4) is 0 Å². The summed E-state index contributed by atoms with van der Waals surface area (Å²) in [6.07, 6.45) is 0.673. The van der Waals surface area contributed by atoms with E-state index < -0.39 is 17.8 Å². The number of hydrogen-bond acceptors (Lipinski definition) is 5. The molecule has 0 aliphatic carbocycles. The third-order valence-corrected chi connectivity index (χ3v) is 5.68. The first-order valence-electron chi connectivity index (χ1n) is 9.65. The lowest BCUT2D eigenvalue weighted by Crippen LogP contribution is -2.47. The molecule has 0 bridgehead atoms. The molecule has 0 fully saturated rings. The maximum atomic E-state index is 13.4. The number of hydrogen-bond donors (Lipinski definition) is 2. The van der Waals surface area contributed by atoms with E-state index in [9.17, 15) is 14.0 Å². The summed E-state index contributed by atoms with van der Waals surface area (Å²) in [6.45, 7) is 5.79. The molecule has 6 nitrogen and oxygen atoms in total. The van der Waals surface area contributed by atoms with Crippen molar-refractivity contribution in [2.24, 2.45) is 5.92 Å². The third-order valence-electron chi connectivity index (χ3n) is 4.79. The Morgan fingerprint density at radius 2 is 1.90 bits per heavy atom. The standard InChI is InChI=1S/C22H23FN4O2S/c1-4-14(3)18(24-19(28)15-8-6-10-17(23)12-15)20(29)25-22-27-26-21(30-22)16-9-5-7-13(2)11-16/h5-12,14,18H,4H2,1-3H3,(H,24,28)(H,25,27,29). The Balaban J connectivity index is 1.74. The second kappa shape index (κ2) is 9.58. The monoisotopic (exact) mass is 426 g/mol. The van der Waals surface area contributed by atoms with Crippen molar-refractivity contribution < 1.29 is 14.0 Å². The van der Waals surface area contributed by atoms with Crippen LogP contribution in [0, 0.1) is 18.7 Å². The smallest absolute Gasteiger partial charge is 0.252 e. The Hall–Kier alpha value is -3.13. The van der Waals surface area contributed by atoms with Crippen LogP contribution in [-0.2, 0) is 4.79 Å². The van der Waals surface area contributed by atoms with Crippen LogP contribution < -0.4 is 10.6 Å².